The molecule has 0 aromatic rings. The monoisotopic (exact) mass is 456 g/mol. The smallest absolute Gasteiger partial charge is 0.313 e. The summed E-state index contributed by atoms with van der Waals surface area (Å²) >= 11 is 0. The van der Waals surface area contributed by atoms with E-state index in [2.05, 4.69) is 23.3 Å². The molecule has 0 amide bonds. The second-order valence-electron chi connectivity index (χ2n) is 5.52. The molecular weight excluding hydrogens is 416 g/mol. The largest absolute Gasteiger partial charge is 0.466 e. The molecule has 0 spiro atoms. The summed E-state index contributed by atoms with van der Waals surface area (Å²) in [6, 6.07) is 0. The van der Waals surface area contributed by atoms with E-state index in [1.54, 1.807) is 13.8 Å². The summed E-state index contributed by atoms with van der Waals surface area (Å²) in [6.07, 6.45) is 3.87. The number of rotatable bonds is 10. The van der Waals surface area contributed by atoms with Crippen LogP contribution in [0.1, 0.15) is 80.1 Å². The number of ketones is 2. The van der Waals surface area contributed by atoms with Gasteiger partial charge in [-0.15, -0.1) is 0 Å². The van der Waals surface area contributed by atoms with Crippen molar-refractivity contribution in [1.82, 2.24) is 0 Å². The summed E-state index contributed by atoms with van der Waals surface area (Å²) in [4.78, 5) is 41.3. The number of unbranched alkanes of at least 4 members (excludes halogenated alkanes) is 2. The molecule has 0 saturated carbocycles. The average molecular weight is 456 g/mol. The minimum atomic E-state index is -0.440. The topological polar surface area (TPSA) is 127 Å². The number of carbonyl (C=O) groups excluding carboxylic acids is 4. The van der Waals surface area contributed by atoms with Crippen LogP contribution in [0.5, 0.6) is 0 Å². The van der Waals surface area contributed by atoms with Gasteiger partial charge in [0, 0.05) is 34.9 Å². The van der Waals surface area contributed by atoms with E-state index in [1.165, 1.54) is 13.8 Å². The summed E-state index contributed by atoms with van der Waals surface area (Å²) < 4.78 is 8.99. The van der Waals surface area contributed by atoms with E-state index in [0.29, 0.717) is 26.4 Å². The number of Topliss-reactive ketones (excluding diaryl/α,β-unsaturated/α-hetero) is 2. The van der Waals surface area contributed by atoms with Crippen LogP contribution in [0, 0.1) is 0 Å². The molecule has 0 aliphatic rings. The number of carbonyl (C=O) groups is 4. The quantitative estimate of drug-likeness (QED) is 0.292. The van der Waals surface area contributed by atoms with Crippen LogP contribution in [0.25, 0.3) is 0 Å². The van der Waals surface area contributed by atoms with Gasteiger partial charge in [-0.3, -0.25) is 19.2 Å². The van der Waals surface area contributed by atoms with E-state index in [0.717, 1.165) is 25.7 Å². The zero-order valence-electron chi connectivity index (χ0n) is 18.9. The Hall–Kier alpha value is -1.09. The van der Waals surface area contributed by atoms with E-state index < -0.39 is 11.9 Å². The molecule has 0 aromatic heterocycles. The first-order valence-electron chi connectivity index (χ1n) is 9.68. The fourth-order valence-corrected chi connectivity index (χ4v) is 1.15. The molecule has 0 aliphatic carbocycles. The Morgan fingerprint density at radius 2 is 0.931 bits per heavy atom. The van der Waals surface area contributed by atoms with Crippen LogP contribution in [0.4, 0.5) is 0 Å². The summed E-state index contributed by atoms with van der Waals surface area (Å²) in [7, 11) is 0. The van der Waals surface area contributed by atoms with Gasteiger partial charge in [0.05, 0.1) is 13.2 Å². The minimum absolute atomic E-state index is 0. The third kappa shape index (κ3) is 58.4. The molecule has 0 unspecified atom stereocenters. The zero-order valence-corrected chi connectivity index (χ0v) is 20.5. The van der Waals surface area contributed by atoms with Crippen molar-refractivity contribution in [2.24, 2.45) is 0 Å². The van der Waals surface area contributed by atoms with Crippen LogP contribution in [-0.2, 0) is 50.4 Å². The molecule has 0 heterocycles. The number of ether oxygens (including phenoxy) is 2. The van der Waals surface area contributed by atoms with Crippen LogP contribution in [-0.4, -0.2) is 60.1 Å². The maximum atomic E-state index is 10.4. The molecule has 2 N–H and O–H groups in total. The van der Waals surface area contributed by atoms with Crippen LogP contribution in [0.2, 0.25) is 0 Å². The van der Waals surface area contributed by atoms with Crippen molar-refractivity contribution >= 4 is 23.5 Å². The van der Waals surface area contributed by atoms with Crippen molar-refractivity contribution in [1.29, 1.82) is 0 Å². The van der Waals surface area contributed by atoms with E-state index >= 15 is 0 Å². The third-order valence-electron chi connectivity index (χ3n) is 2.42. The van der Waals surface area contributed by atoms with Gasteiger partial charge in [0.2, 0.25) is 0 Å². The molecule has 0 aromatic carbocycles. The molecule has 0 atom stereocenters. The van der Waals surface area contributed by atoms with Gasteiger partial charge in [-0.05, 0) is 40.5 Å². The van der Waals surface area contributed by atoms with Crippen molar-refractivity contribution in [2.75, 3.05) is 26.4 Å². The van der Waals surface area contributed by atoms with Gasteiger partial charge >= 0.3 is 11.9 Å². The molecule has 0 fully saturated rings. The Balaban J connectivity index is -0.0000000907. The van der Waals surface area contributed by atoms with Gasteiger partial charge in [0.15, 0.2) is 0 Å². The fourth-order valence-electron chi connectivity index (χ4n) is 1.15. The van der Waals surface area contributed by atoms with Gasteiger partial charge in [-0.25, -0.2) is 0 Å². The second-order valence-corrected chi connectivity index (χ2v) is 5.52. The SMILES string of the molecule is CCCCO.CCCCO.CCOC(=O)CC(C)=O.CCOC(=O)CC(C)=O.[Ti]. The van der Waals surface area contributed by atoms with Crippen LogP contribution in [0.15, 0.2) is 0 Å². The predicted octanol–water partition coefficient (Wildman–Crippen LogP) is 2.61. The molecule has 0 saturated heterocycles. The van der Waals surface area contributed by atoms with Crippen LogP contribution in [0.3, 0.4) is 0 Å². The number of aliphatic hydroxyl groups is 2. The van der Waals surface area contributed by atoms with Crippen molar-refractivity contribution in [2.45, 2.75) is 80.1 Å². The molecule has 9 heteroatoms. The first-order valence-corrected chi connectivity index (χ1v) is 9.68. The van der Waals surface area contributed by atoms with Gasteiger partial charge in [-0.2, -0.15) is 0 Å². The van der Waals surface area contributed by atoms with Gasteiger partial charge in [-0.1, -0.05) is 26.7 Å². The molecular formula is C20H40O8Ti. The van der Waals surface area contributed by atoms with Crippen molar-refractivity contribution in [3.05, 3.63) is 0 Å². The Bertz CT molecular complexity index is 347. The molecule has 0 bridgehead atoms. The fraction of sp³-hybridized carbons (Fsp3) is 0.800. The van der Waals surface area contributed by atoms with E-state index in [-0.39, 0.29) is 46.1 Å². The van der Waals surface area contributed by atoms with Crippen LogP contribution < -0.4 is 0 Å². The minimum Gasteiger partial charge on any atom is -0.466 e. The van der Waals surface area contributed by atoms with Crippen LogP contribution >= 0.6 is 0 Å². The van der Waals surface area contributed by atoms with Gasteiger partial charge in [0.25, 0.3) is 0 Å². The van der Waals surface area contributed by atoms with Crippen molar-refractivity contribution in [3.63, 3.8) is 0 Å². The van der Waals surface area contributed by atoms with Crippen molar-refractivity contribution in [3.8, 4) is 0 Å². The molecule has 0 radical (unpaired) electrons. The second kappa shape index (κ2) is 34.4. The van der Waals surface area contributed by atoms with E-state index in [9.17, 15) is 19.2 Å². The number of hydrogen-bond donors (Lipinski definition) is 2. The molecule has 172 valence electrons. The number of esters is 2. The molecule has 8 nitrogen and oxygen atoms in total. The summed E-state index contributed by atoms with van der Waals surface area (Å²) in [6.45, 7) is 11.6. The third-order valence-corrected chi connectivity index (χ3v) is 2.42. The Labute approximate surface area is 190 Å². The molecule has 0 rings (SSSR count). The maximum absolute atomic E-state index is 10.4. The number of aliphatic hydroxyl groups excluding tert-OH is 2. The zero-order chi connectivity index (χ0) is 22.8. The van der Waals surface area contributed by atoms with E-state index in [1.807, 2.05) is 0 Å². The average Bonchev–Trinajstić information content (AvgIpc) is 2.57. The predicted molar refractivity (Wildman–Crippen MR) is 108 cm³/mol. The normalized spacial score (nSPS) is 8.28. The van der Waals surface area contributed by atoms with E-state index in [4.69, 9.17) is 10.2 Å². The first kappa shape index (κ1) is 38.5. The maximum Gasteiger partial charge on any atom is 0.313 e. The van der Waals surface area contributed by atoms with Gasteiger partial charge < -0.3 is 19.7 Å². The summed E-state index contributed by atoms with van der Waals surface area (Å²) in [5.41, 5.74) is 0. The molecule has 29 heavy (non-hydrogen) atoms. The first-order chi connectivity index (χ1) is 13.2. The Morgan fingerprint density at radius 3 is 1.03 bits per heavy atom. The summed E-state index contributed by atoms with van der Waals surface area (Å²) in [5, 5.41) is 16.1. The number of hydrogen-bond acceptors (Lipinski definition) is 8. The van der Waals surface area contributed by atoms with Gasteiger partial charge in [0.1, 0.15) is 24.4 Å². The summed E-state index contributed by atoms with van der Waals surface area (Å²) in [5.74, 6) is -1.20. The molecule has 0 aliphatic heterocycles. The Morgan fingerprint density at radius 1 is 0.655 bits per heavy atom. The standard InChI is InChI=1S/2C6H10O3.2C4H10O.Ti/c2*1-3-9-6(8)4-5(2)7;2*1-2-3-4-5;/h2*3-4H2,1-2H3;2*5H,2-4H2,1H3;. The Kier molecular flexibility index (Phi) is 45.7. The van der Waals surface area contributed by atoms with Crippen molar-refractivity contribution < 1.29 is 60.6 Å².